The van der Waals surface area contributed by atoms with Gasteiger partial charge in [-0.15, -0.1) is 23.1 Å². The fraction of sp³-hybridized carbons (Fsp3) is 0.200. The van der Waals surface area contributed by atoms with E-state index in [0.29, 0.717) is 5.75 Å². The van der Waals surface area contributed by atoms with E-state index in [2.05, 4.69) is 4.98 Å². The van der Waals surface area contributed by atoms with Crippen molar-refractivity contribution < 1.29 is 0 Å². The summed E-state index contributed by atoms with van der Waals surface area (Å²) in [5.41, 5.74) is 9.39. The predicted molar refractivity (Wildman–Crippen MR) is 89.2 cm³/mol. The maximum atomic E-state index is 12.1. The van der Waals surface area contributed by atoms with Crippen molar-refractivity contribution in [2.45, 2.75) is 24.5 Å². The molecule has 2 aromatic heterocycles. The van der Waals surface area contributed by atoms with Crippen LogP contribution in [0.5, 0.6) is 0 Å². The highest BCUT2D eigenvalue weighted by Crippen LogP contribution is 2.27. The number of aromatic nitrogens is 2. The topological polar surface area (TPSA) is 60.4 Å². The van der Waals surface area contributed by atoms with Crippen LogP contribution in [0.2, 0.25) is 0 Å². The van der Waals surface area contributed by atoms with E-state index in [9.17, 15) is 4.79 Å². The van der Waals surface area contributed by atoms with Gasteiger partial charge in [-0.05, 0) is 37.6 Å². The number of aryl methyl sites for hydroxylation is 2. The lowest BCUT2D eigenvalue weighted by Gasteiger charge is -2.06. The number of hydrogen-bond donors (Lipinski definition) is 1. The molecular weight excluding hydrogens is 302 g/mol. The Morgan fingerprint density at radius 3 is 2.90 bits per heavy atom. The van der Waals surface area contributed by atoms with Crippen LogP contribution in [0.25, 0.3) is 4.96 Å². The summed E-state index contributed by atoms with van der Waals surface area (Å²) in [6.07, 6.45) is 0. The Morgan fingerprint density at radius 2 is 2.14 bits per heavy atom. The van der Waals surface area contributed by atoms with E-state index in [1.807, 2.05) is 37.4 Å². The van der Waals surface area contributed by atoms with Crippen LogP contribution in [0.3, 0.4) is 0 Å². The van der Waals surface area contributed by atoms with E-state index >= 15 is 0 Å². The molecular formula is C15H15N3OS2. The average Bonchev–Trinajstić information content (AvgIpc) is 2.80. The number of fused-ring (bicyclic) bond motifs is 1. The molecule has 0 atom stereocenters. The Bertz CT molecular complexity index is 867. The zero-order valence-electron chi connectivity index (χ0n) is 11.8. The van der Waals surface area contributed by atoms with Crippen molar-refractivity contribution in [2.75, 3.05) is 5.73 Å². The van der Waals surface area contributed by atoms with Gasteiger partial charge in [0.25, 0.3) is 5.56 Å². The molecule has 21 heavy (non-hydrogen) atoms. The summed E-state index contributed by atoms with van der Waals surface area (Å²) in [4.78, 5) is 18.6. The Balaban J connectivity index is 1.87. The van der Waals surface area contributed by atoms with Crippen LogP contribution >= 0.6 is 23.1 Å². The van der Waals surface area contributed by atoms with Gasteiger partial charge in [0.05, 0.1) is 5.69 Å². The molecule has 0 saturated carbocycles. The van der Waals surface area contributed by atoms with E-state index in [1.54, 1.807) is 22.2 Å². The molecule has 6 heteroatoms. The number of anilines is 1. The van der Waals surface area contributed by atoms with E-state index in [-0.39, 0.29) is 5.56 Å². The lowest BCUT2D eigenvalue weighted by Crippen LogP contribution is -2.14. The van der Waals surface area contributed by atoms with E-state index < -0.39 is 0 Å². The molecule has 3 rings (SSSR count). The molecule has 108 valence electrons. The van der Waals surface area contributed by atoms with Gasteiger partial charge in [-0.25, -0.2) is 4.98 Å². The molecule has 0 radical (unpaired) electrons. The van der Waals surface area contributed by atoms with Gasteiger partial charge in [0.15, 0.2) is 4.96 Å². The van der Waals surface area contributed by atoms with E-state index in [1.165, 1.54) is 11.3 Å². The quantitative estimate of drug-likeness (QED) is 0.595. The van der Waals surface area contributed by atoms with Crippen LogP contribution in [0, 0.1) is 13.8 Å². The van der Waals surface area contributed by atoms with Crippen molar-refractivity contribution in [3.05, 3.63) is 57.0 Å². The summed E-state index contributed by atoms with van der Waals surface area (Å²) in [6, 6.07) is 7.47. The van der Waals surface area contributed by atoms with Crippen molar-refractivity contribution in [1.82, 2.24) is 9.38 Å². The standard InChI is InChI=1S/C15H15N3OS2/c1-9-5-11(16)3-4-13(9)20-8-12-6-14(19)18-10(2)7-21-15(18)17-12/h3-7H,8,16H2,1-2H3. The van der Waals surface area contributed by atoms with E-state index in [4.69, 9.17) is 5.73 Å². The first-order valence-corrected chi connectivity index (χ1v) is 8.37. The first-order chi connectivity index (χ1) is 10.0. The number of hydrogen-bond acceptors (Lipinski definition) is 5. The molecule has 0 aliphatic heterocycles. The van der Waals surface area contributed by atoms with Crippen LogP contribution < -0.4 is 11.3 Å². The number of nitrogens with zero attached hydrogens (tertiary/aromatic N) is 2. The van der Waals surface area contributed by atoms with Crippen LogP contribution in [0.15, 0.2) is 39.3 Å². The molecule has 0 spiro atoms. The highest BCUT2D eigenvalue weighted by molar-refractivity contribution is 7.98. The molecule has 0 saturated heterocycles. The minimum atomic E-state index is -0.0108. The molecule has 2 heterocycles. The third kappa shape index (κ3) is 2.82. The molecule has 3 aromatic rings. The zero-order chi connectivity index (χ0) is 15.0. The minimum Gasteiger partial charge on any atom is -0.399 e. The van der Waals surface area contributed by atoms with Gasteiger partial charge >= 0.3 is 0 Å². The highest BCUT2D eigenvalue weighted by atomic mass is 32.2. The second-order valence-electron chi connectivity index (χ2n) is 4.89. The van der Waals surface area contributed by atoms with Crippen molar-refractivity contribution in [3.63, 3.8) is 0 Å². The van der Waals surface area contributed by atoms with Crippen molar-refractivity contribution in [1.29, 1.82) is 0 Å². The zero-order valence-corrected chi connectivity index (χ0v) is 13.4. The number of nitrogens with two attached hydrogens (primary N) is 1. The Kier molecular flexibility index (Phi) is 3.73. The number of rotatable bonds is 3. The Labute approximate surface area is 130 Å². The largest absolute Gasteiger partial charge is 0.399 e. The molecule has 0 fully saturated rings. The lowest BCUT2D eigenvalue weighted by molar-refractivity contribution is 0.997. The summed E-state index contributed by atoms with van der Waals surface area (Å²) in [7, 11) is 0. The van der Waals surface area contributed by atoms with Crippen molar-refractivity contribution >= 4 is 33.7 Å². The third-order valence-corrected chi connectivity index (χ3v) is 5.36. The second kappa shape index (κ2) is 5.54. The maximum absolute atomic E-state index is 12.1. The van der Waals surface area contributed by atoms with Crippen LogP contribution in [0.4, 0.5) is 5.69 Å². The molecule has 0 aliphatic carbocycles. The van der Waals surface area contributed by atoms with Crippen molar-refractivity contribution in [3.8, 4) is 0 Å². The van der Waals surface area contributed by atoms with Gasteiger partial charge in [-0.1, -0.05) is 0 Å². The Morgan fingerprint density at radius 1 is 1.33 bits per heavy atom. The number of nitrogen functional groups attached to an aromatic ring is 1. The van der Waals surface area contributed by atoms with Gasteiger partial charge in [-0.3, -0.25) is 9.20 Å². The Hall–Kier alpha value is -1.79. The smallest absolute Gasteiger partial charge is 0.258 e. The SMILES string of the molecule is Cc1cc(N)ccc1SCc1cc(=O)n2c(C)csc2n1. The van der Waals surface area contributed by atoms with Gasteiger partial charge in [-0.2, -0.15) is 0 Å². The molecule has 4 nitrogen and oxygen atoms in total. The van der Waals surface area contributed by atoms with E-state index in [0.717, 1.165) is 32.5 Å². The third-order valence-electron chi connectivity index (χ3n) is 3.20. The number of benzene rings is 1. The summed E-state index contributed by atoms with van der Waals surface area (Å²) >= 11 is 3.17. The summed E-state index contributed by atoms with van der Waals surface area (Å²) in [6.45, 7) is 3.95. The molecule has 0 amide bonds. The normalized spacial score (nSPS) is 11.1. The van der Waals surface area contributed by atoms with Gasteiger partial charge < -0.3 is 5.73 Å². The summed E-state index contributed by atoms with van der Waals surface area (Å²) in [5.74, 6) is 0.674. The van der Waals surface area contributed by atoms with Crippen LogP contribution in [-0.4, -0.2) is 9.38 Å². The van der Waals surface area contributed by atoms with Gasteiger partial charge in [0.1, 0.15) is 0 Å². The van der Waals surface area contributed by atoms with Gasteiger partial charge in [0, 0.05) is 33.5 Å². The molecule has 2 N–H and O–H groups in total. The fourth-order valence-electron chi connectivity index (χ4n) is 2.16. The monoisotopic (exact) mass is 317 g/mol. The average molecular weight is 317 g/mol. The fourth-order valence-corrected chi connectivity index (χ4v) is 3.95. The summed E-state index contributed by atoms with van der Waals surface area (Å²) in [5, 5.41) is 1.95. The van der Waals surface area contributed by atoms with Gasteiger partial charge in [0.2, 0.25) is 0 Å². The molecule has 0 aliphatic rings. The second-order valence-corrected chi connectivity index (χ2v) is 6.75. The van der Waals surface area contributed by atoms with Crippen LogP contribution in [0.1, 0.15) is 17.0 Å². The van der Waals surface area contributed by atoms with Crippen molar-refractivity contribution in [2.24, 2.45) is 0 Å². The molecule has 0 bridgehead atoms. The highest BCUT2D eigenvalue weighted by Gasteiger charge is 2.07. The maximum Gasteiger partial charge on any atom is 0.258 e. The van der Waals surface area contributed by atoms with Crippen LogP contribution in [-0.2, 0) is 5.75 Å². The first-order valence-electron chi connectivity index (χ1n) is 6.50. The number of thioether (sulfide) groups is 1. The predicted octanol–water partition coefficient (Wildman–Crippen LogP) is 3.25. The molecule has 0 unspecified atom stereocenters. The number of thiazole rings is 1. The molecule has 1 aromatic carbocycles. The summed E-state index contributed by atoms with van der Waals surface area (Å²) < 4.78 is 1.65. The minimum absolute atomic E-state index is 0.0108. The lowest BCUT2D eigenvalue weighted by atomic mass is 10.2. The first kappa shape index (κ1) is 14.2.